The first-order valence-electron chi connectivity index (χ1n) is 6.88. The van der Waals surface area contributed by atoms with Gasteiger partial charge in [0.1, 0.15) is 5.82 Å². The van der Waals surface area contributed by atoms with E-state index in [0.29, 0.717) is 0 Å². The van der Waals surface area contributed by atoms with Gasteiger partial charge < -0.3 is 4.90 Å². The predicted molar refractivity (Wildman–Crippen MR) is 71.5 cm³/mol. The van der Waals surface area contributed by atoms with Crippen LogP contribution in [0.3, 0.4) is 0 Å². The molecule has 1 fully saturated rings. The maximum absolute atomic E-state index is 4.33. The minimum atomic E-state index is 0.728. The lowest BCUT2D eigenvalue weighted by Crippen LogP contribution is -2.36. The van der Waals surface area contributed by atoms with Crippen molar-refractivity contribution in [3.05, 3.63) is 30.2 Å². The predicted octanol–water partition coefficient (Wildman–Crippen LogP) is 2.00. The average Bonchev–Trinajstić information content (AvgIpc) is 2.83. The normalized spacial score (nSPS) is 21.5. The fourth-order valence-electron chi connectivity index (χ4n) is 2.89. The molecule has 0 spiro atoms. The van der Waals surface area contributed by atoms with Crippen molar-refractivity contribution in [1.29, 1.82) is 0 Å². The van der Waals surface area contributed by atoms with E-state index in [-0.39, 0.29) is 0 Å². The number of hydrogen-bond acceptors (Lipinski definition) is 3. The smallest absolute Gasteiger partial charge is 0.160 e. The van der Waals surface area contributed by atoms with Crippen LogP contribution in [0.25, 0.3) is 5.65 Å². The van der Waals surface area contributed by atoms with E-state index in [1.54, 1.807) is 0 Å². The molecular weight excluding hydrogens is 224 g/mol. The Kier molecular flexibility index (Phi) is 3.28. The molecule has 3 heterocycles. The zero-order chi connectivity index (χ0) is 12.4. The first-order valence-corrected chi connectivity index (χ1v) is 6.88. The minimum absolute atomic E-state index is 0.728. The Morgan fingerprint density at radius 2 is 2.28 bits per heavy atom. The van der Waals surface area contributed by atoms with Gasteiger partial charge in [-0.3, -0.25) is 4.40 Å². The number of pyridine rings is 1. The molecule has 96 valence electrons. The Hall–Kier alpha value is -1.42. The van der Waals surface area contributed by atoms with Crippen molar-refractivity contribution < 1.29 is 0 Å². The number of aromatic nitrogens is 3. The minimum Gasteiger partial charge on any atom is -0.303 e. The van der Waals surface area contributed by atoms with E-state index in [9.17, 15) is 0 Å². The summed E-state index contributed by atoms with van der Waals surface area (Å²) in [6.45, 7) is 5.87. The summed E-state index contributed by atoms with van der Waals surface area (Å²) in [5.74, 6) is 1.83. The van der Waals surface area contributed by atoms with E-state index < -0.39 is 0 Å². The summed E-state index contributed by atoms with van der Waals surface area (Å²) in [5.41, 5.74) is 0.954. The third kappa shape index (κ3) is 2.25. The number of fused-ring (bicyclic) bond motifs is 1. The summed E-state index contributed by atoms with van der Waals surface area (Å²) >= 11 is 0. The number of nitrogens with zero attached hydrogens (tertiary/aromatic N) is 4. The van der Waals surface area contributed by atoms with Crippen LogP contribution in [0.4, 0.5) is 0 Å². The fraction of sp³-hybridized carbons (Fsp3) is 0.571. The van der Waals surface area contributed by atoms with E-state index in [1.165, 1.54) is 25.9 Å². The lowest BCUT2D eigenvalue weighted by atomic mass is 9.94. The number of hydrogen-bond donors (Lipinski definition) is 0. The van der Waals surface area contributed by atoms with Crippen molar-refractivity contribution >= 4 is 5.65 Å². The molecule has 0 aromatic carbocycles. The maximum atomic E-state index is 4.33. The van der Waals surface area contributed by atoms with Crippen molar-refractivity contribution in [1.82, 2.24) is 19.5 Å². The largest absolute Gasteiger partial charge is 0.303 e. The molecule has 3 rings (SSSR count). The number of rotatable bonds is 3. The summed E-state index contributed by atoms with van der Waals surface area (Å²) < 4.78 is 2.12. The molecule has 0 bridgehead atoms. The number of piperidine rings is 1. The van der Waals surface area contributed by atoms with Gasteiger partial charge in [0.25, 0.3) is 0 Å². The van der Waals surface area contributed by atoms with Crippen LogP contribution in [-0.2, 0) is 6.42 Å². The highest BCUT2D eigenvalue weighted by atomic mass is 15.2. The van der Waals surface area contributed by atoms with Gasteiger partial charge in [0, 0.05) is 19.2 Å². The van der Waals surface area contributed by atoms with Crippen molar-refractivity contribution in [2.75, 3.05) is 19.6 Å². The van der Waals surface area contributed by atoms with Gasteiger partial charge in [0.05, 0.1) is 0 Å². The van der Waals surface area contributed by atoms with E-state index in [2.05, 4.69) is 32.6 Å². The first-order chi connectivity index (χ1) is 8.86. The van der Waals surface area contributed by atoms with Gasteiger partial charge in [-0.25, -0.2) is 0 Å². The topological polar surface area (TPSA) is 33.4 Å². The van der Waals surface area contributed by atoms with Crippen LogP contribution in [0.5, 0.6) is 0 Å². The Labute approximate surface area is 108 Å². The quantitative estimate of drug-likeness (QED) is 0.828. The lowest BCUT2D eigenvalue weighted by molar-refractivity contribution is 0.180. The van der Waals surface area contributed by atoms with Gasteiger partial charge in [-0.1, -0.05) is 13.0 Å². The van der Waals surface area contributed by atoms with Gasteiger partial charge in [0.15, 0.2) is 5.65 Å². The zero-order valence-corrected chi connectivity index (χ0v) is 10.9. The van der Waals surface area contributed by atoms with Crippen LogP contribution in [-0.4, -0.2) is 39.1 Å². The van der Waals surface area contributed by atoms with Gasteiger partial charge >= 0.3 is 0 Å². The molecule has 1 aliphatic heterocycles. The number of likely N-dealkylation sites (tertiary alicyclic amines) is 1. The third-order valence-electron chi connectivity index (χ3n) is 3.91. The standard InChI is InChI=1S/C14H20N4/c1-2-17-8-5-6-12(11-17)10-14-16-15-13-7-3-4-9-18(13)14/h3-4,7,9,12H,2,5-6,8,10-11H2,1H3. The molecule has 1 unspecified atom stereocenters. The molecule has 1 atom stereocenters. The monoisotopic (exact) mass is 244 g/mol. The molecule has 4 nitrogen and oxygen atoms in total. The van der Waals surface area contributed by atoms with E-state index in [4.69, 9.17) is 0 Å². The zero-order valence-electron chi connectivity index (χ0n) is 10.9. The van der Waals surface area contributed by atoms with E-state index >= 15 is 0 Å². The summed E-state index contributed by atoms with van der Waals surface area (Å²) in [5, 5.41) is 8.56. The van der Waals surface area contributed by atoms with Crippen LogP contribution in [0.15, 0.2) is 24.4 Å². The molecule has 2 aromatic heterocycles. The Morgan fingerprint density at radius 1 is 1.33 bits per heavy atom. The Morgan fingerprint density at radius 3 is 3.17 bits per heavy atom. The highest BCUT2D eigenvalue weighted by molar-refractivity contribution is 5.37. The Balaban J connectivity index is 1.76. The molecule has 0 N–H and O–H groups in total. The first kappa shape index (κ1) is 11.7. The summed E-state index contributed by atoms with van der Waals surface area (Å²) in [7, 11) is 0. The molecule has 1 aliphatic rings. The fourth-order valence-corrected chi connectivity index (χ4v) is 2.89. The average molecular weight is 244 g/mol. The van der Waals surface area contributed by atoms with Crippen LogP contribution >= 0.6 is 0 Å². The maximum Gasteiger partial charge on any atom is 0.160 e. The lowest BCUT2D eigenvalue weighted by Gasteiger charge is -2.31. The molecule has 18 heavy (non-hydrogen) atoms. The molecule has 2 aromatic rings. The molecule has 0 amide bonds. The SMILES string of the molecule is CCN1CCCC(Cc2nnc3ccccn23)C1. The molecule has 1 saturated heterocycles. The second-order valence-electron chi connectivity index (χ2n) is 5.15. The van der Waals surface area contributed by atoms with Crippen molar-refractivity contribution in [2.24, 2.45) is 5.92 Å². The third-order valence-corrected chi connectivity index (χ3v) is 3.91. The summed E-state index contributed by atoms with van der Waals surface area (Å²) in [6.07, 6.45) is 5.74. The molecule has 4 heteroatoms. The Bertz CT molecular complexity index is 519. The molecule has 0 saturated carbocycles. The second kappa shape index (κ2) is 5.06. The van der Waals surface area contributed by atoms with Gasteiger partial charge in [0.2, 0.25) is 0 Å². The van der Waals surface area contributed by atoms with Crippen LogP contribution in [0.2, 0.25) is 0 Å². The van der Waals surface area contributed by atoms with E-state index in [1.807, 2.05) is 18.2 Å². The summed E-state index contributed by atoms with van der Waals surface area (Å²) in [6, 6.07) is 6.06. The van der Waals surface area contributed by atoms with Crippen molar-refractivity contribution in [3.63, 3.8) is 0 Å². The van der Waals surface area contributed by atoms with Crippen molar-refractivity contribution in [2.45, 2.75) is 26.2 Å². The van der Waals surface area contributed by atoms with Crippen LogP contribution < -0.4 is 0 Å². The highest BCUT2D eigenvalue weighted by Crippen LogP contribution is 2.20. The van der Waals surface area contributed by atoms with Crippen molar-refractivity contribution in [3.8, 4) is 0 Å². The molecular formula is C14H20N4. The van der Waals surface area contributed by atoms with Gasteiger partial charge in [-0.15, -0.1) is 10.2 Å². The highest BCUT2D eigenvalue weighted by Gasteiger charge is 2.20. The molecule has 0 radical (unpaired) electrons. The van der Waals surface area contributed by atoms with Gasteiger partial charge in [-0.2, -0.15) is 0 Å². The van der Waals surface area contributed by atoms with Gasteiger partial charge in [-0.05, 0) is 44.0 Å². The second-order valence-corrected chi connectivity index (χ2v) is 5.15. The van der Waals surface area contributed by atoms with E-state index in [0.717, 1.165) is 30.4 Å². The van der Waals surface area contributed by atoms with Crippen LogP contribution in [0, 0.1) is 5.92 Å². The molecule has 0 aliphatic carbocycles. The summed E-state index contributed by atoms with van der Waals surface area (Å²) in [4.78, 5) is 2.54. The van der Waals surface area contributed by atoms with Crippen LogP contribution in [0.1, 0.15) is 25.6 Å².